The van der Waals surface area contributed by atoms with Gasteiger partial charge in [-0.05, 0) is 26.0 Å². The molecule has 0 aliphatic carbocycles. The largest absolute Gasteiger partial charge is 0.395 e. The maximum Gasteiger partial charge on any atom is 0.123 e. The minimum atomic E-state index is 0.145. The van der Waals surface area contributed by atoms with Crippen molar-refractivity contribution in [3.63, 3.8) is 0 Å². The molecule has 19 heavy (non-hydrogen) atoms. The summed E-state index contributed by atoms with van der Waals surface area (Å²) in [5.74, 6) is 0. The molecule has 5 heteroatoms. The number of aromatic nitrogens is 1. The van der Waals surface area contributed by atoms with Crippen LogP contribution in [0.3, 0.4) is 0 Å². The fourth-order valence-corrected chi connectivity index (χ4v) is 3.12. The third kappa shape index (κ3) is 3.54. The number of rotatable bonds is 5. The molecule has 0 fully saturated rings. The predicted molar refractivity (Wildman–Crippen MR) is 80.8 cm³/mol. The lowest BCUT2D eigenvalue weighted by Gasteiger charge is -2.10. The molecule has 102 valence electrons. The SMILES string of the molecule is Cc1nc(-c2ccc(Cl)cc2)sc1C(C)NCCO. The Hall–Kier alpha value is -0.940. The molecular weight excluding hydrogens is 280 g/mol. The van der Waals surface area contributed by atoms with Crippen molar-refractivity contribution in [2.24, 2.45) is 0 Å². The molecule has 0 radical (unpaired) electrons. The minimum Gasteiger partial charge on any atom is -0.395 e. The smallest absolute Gasteiger partial charge is 0.123 e. The summed E-state index contributed by atoms with van der Waals surface area (Å²) in [7, 11) is 0. The number of thiazole rings is 1. The number of nitrogens with zero attached hydrogens (tertiary/aromatic N) is 1. The van der Waals surface area contributed by atoms with Crippen molar-refractivity contribution in [2.75, 3.05) is 13.2 Å². The molecule has 1 aromatic heterocycles. The normalized spacial score (nSPS) is 12.6. The zero-order chi connectivity index (χ0) is 13.8. The molecule has 1 unspecified atom stereocenters. The summed E-state index contributed by atoms with van der Waals surface area (Å²) in [6.07, 6.45) is 0. The van der Waals surface area contributed by atoms with Gasteiger partial charge in [-0.15, -0.1) is 11.3 Å². The fourth-order valence-electron chi connectivity index (χ4n) is 1.90. The van der Waals surface area contributed by atoms with Crippen molar-refractivity contribution in [1.29, 1.82) is 0 Å². The molecule has 0 spiro atoms. The summed E-state index contributed by atoms with van der Waals surface area (Å²) < 4.78 is 0. The maximum absolute atomic E-state index is 8.85. The van der Waals surface area contributed by atoms with Crippen molar-refractivity contribution in [2.45, 2.75) is 19.9 Å². The average molecular weight is 297 g/mol. The van der Waals surface area contributed by atoms with Gasteiger partial charge in [-0.25, -0.2) is 4.98 Å². The van der Waals surface area contributed by atoms with Crippen LogP contribution in [0.4, 0.5) is 0 Å². The Balaban J connectivity index is 2.23. The molecule has 0 amide bonds. The van der Waals surface area contributed by atoms with E-state index in [0.717, 1.165) is 21.3 Å². The number of halogens is 1. The molecule has 3 nitrogen and oxygen atoms in total. The molecule has 0 saturated carbocycles. The molecule has 0 bridgehead atoms. The Morgan fingerprint density at radius 2 is 2.05 bits per heavy atom. The van der Waals surface area contributed by atoms with Crippen LogP contribution in [0.25, 0.3) is 10.6 Å². The number of nitrogens with one attached hydrogen (secondary N) is 1. The molecule has 2 N–H and O–H groups in total. The summed E-state index contributed by atoms with van der Waals surface area (Å²) in [4.78, 5) is 5.82. The minimum absolute atomic E-state index is 0.145. The third-order valence-electron chi connectivity index (χ3n) is 2.88. The van der Waals surface area contributed by atoms with Gasteiger partial charge >= 0.3 is 0 Å². The van der Waals surface area contributed by atoms with Crippen LogP contribution in [0.15, 0.2) is 24.3 Å². The second kappa shape index (κ2) is 6.48. The molecule has 0 aliphatic heterocycles. The van der Waals surface area contributed by atoms with Crippen LogP contribution < -0.4 is 5.32 Å². The van der Waals surface area contributed by atoms with Gasteiger partial charge in [0.2, 0.25) is 0 Å². The first-order chi connectivity index (χ1) is 9.11. The summed E-state index contributed by atoms with van der Waals surface area (Å²) in [5.41, 5.74) is 2.12. The number of aryl methyl sites for hydroxylation is 1. The van der Waals surface area contributed by atoms with Crippen molar-refractivity contribution >= 4 is 22.9 Å². The predicted octanol–water partition coefficient (Wildman–Crippen LogP) is 3.41. The van der Waals surface area contributed by atoms with Crippen LogP contribution in [0.2, 0.25) is 5.02 Å². The maximum atomic E-state index is 8.85. The van der Waals surface area contributed by atoms with E-state index in [1.807, 2.05) is 31.2 Å². The van der Waals surface area contributed by atoms with E-state index >= 15 is 0 Å². The van der Waals surface area contributed by atoms with E-state index < -0.39 is 0 Å². The Bertz CT molecular complexity index is 539. The number of hydrogen-bond acceptors (Lipinski definition) is 4. The van der Waals surface area contributed by atoms with E-state index in [1.54, 1.807) is 11.3 Å². The highest BCUT2D eigenvalue weighted by Crippen LogP contribution is 2.32. The van der Waals surface area contributed by atoms with Gasteiger partial charge in [0.15, 0.2) is 0 Å². The summed E-state index contributed by atoms with van der Waals surface area (Å²) in [5, 5.41) is 13.8. The van der Waals surface area contributed by atoms with E-state index in [-0.39, 0.29) is 12.6 Å². The van der Waals surface area contributed by atoms with E-state index in [4.69, 9.17) is 16.7 Å². The fraction of sp³-hybridized carbons (Fsp3) is 0.357. The quantitative estimate of drug-likeness (QED) is 0.889. The highest BCUT2D eigenvalue weighted by Gasteiger charge is 2.14. The molecule has 1 heterocycles. The number of hydrogen-bond donors (Lipinski definition) is 2. The molecule has 1 atom stereocenters. The topological polar surface area (TPSA) is 45.2 Å². The van der Waals surface area contributed by atoms with Gasteiger partial charge in [0.25, 0.3) is 0 Å². The first kappa shape index (κ1) is 14.5. The second-order valence-corrected chi connectivity index (χ2v) is 5.84. The molecule has 0 saturated heterocycles. The van der Waals surface area contributed by atoms with Gasteiger partial charge in [0, 0.05) is 28.0 Å². The molecule has 0 aliphatic rings. The van der Waals surface area contributed by atoms with Crippen molar-refractivity contribution in [3.05, 3.63) is 39.9 Å². The summed E-state index contributed by atoms with van der Waals surface area (Å²) >= 11 is 7.57. The Morgan fingerprint density at radius 1 is 1.37 bits per heavy atom. The van der Waals surface area contributed by atoms with E-state index in [9.17, 15) is 0 Å². The third-order valence-corrected chi connectivity index (χ3v) is 4.52. The van der Waals surface area contributed by atoms with Crippen LogP contribution in [-0.4, -0.2) is 23.2 Å². The second-order valence-electron chi connectivity index (χ2n) is 4.37. The Morgan fingerprint density at radius 3 is 2.68 bits per heavy atom. The van der Waals surface area contributed by atoms with Crippen LogP contribution in [0.5, 0.6) is 0 Å². The van der Waals surface area contributed by atoms with Crippen LogP contribution >= 0.6 is 22.9 Å². The number of benzene rings is 1. The number of aliphatic hydroxyl groups is 1. The van der Waals surface area contributed by atoms with Gasteiger partial charge in [-0.3, -0.25) is 0 Å². The highest BCUT2D eigenvalue weighted by atomic mass is 35.5. The average Bonchev–Trinajstić information content (AvgIpc) is 2.79. The molecular formula is C14H17ClN2OS. The highest BCUT2D eigenvalue weighted by molar-refractivity contribution is 7.15. The Labute approximate surface area is 122 Å². The first-order valence-corrected chi connectivity index (χ1v) is 7.38. The van der Waals surface area contributed by atoms with E-state index in [0.29, 0.717) is 6.54 Å². The monoisotopic (exact) mass is 296 g/mol. The zero-order valence-corrected chi connectivity index (χ0v) is 12.6. The lowest BCUT2D eigenvalue weighted by atomic mass is 10.2. The zero-order valence-electron chi connectivity index (χ0n) is 11.0. The van der Waals surface area contributed by atoms with Gasteiger partial charge in [-0.2, -0.15) is 0 Å². The molecule has 2 rings (SSSR count). The molecule has 2 aromatic rings. The van der Waals surface area contributed by atoms with E-state index in [1.165, 1.54) is 4.88 Å². The standard InChI is InChI=1S/C14H17ClN2OS/c1-9(16-7-8-18)13-10(2)17-14(19-13)11-3-5-12(15)6-4-11/h3-6,9,16,18H,7-8H2,1-2H3. The van der Waals surface area contributed by atoms with Crippen molar-refractivity contribution < 1.29 is 5.11 Å². The van der Waals surface area contributed by atoms with Gasteiger partial charge in [0.05, 0.1) is 12.3 Å². The van der Waals surface area contributed by atoms with Crippen molar-refractivity contribution in [1.82, 2.24) is 10.3 Å². The van der Waals surface area contributed by atoms with Crippen LogP contribution in [0.1, 0.15) is 23.5 Å². The first-order valence-electron chi connectivity index (χ1n) is 6.19. The Kier molecular flexibility index (Phi) is 4.93. The lowest BCUT2D eigenvalue weighted by molar-refractivity contribution is 0.286. The summed E-state index contributed by atoms with van der Waals surface area (Å²) in [6, 6.07) is 7.92. The van der Waals surface area contributed by atoms with Gasteiger partial charge in [-0.1, -0.05) is 23.7 Å². The lowest BCUT2D eigenvalue weighted by Crippen LogP contribution is -2.21. The van der Waals surface area contributed by atoms with Crippen LogP contribution in [0, 0.1) is 6.92 Å². The molecule has 1 aromatic carbocycles. The van der Waals surface area contributed by atoms with Gasteiger partial charge in [0.1, 0.15) is 5.01 Å². The van der Waals surface area contributed by atoms with Crippen molar-refractivity contribution in [3.8, 4) is 10.6 Å². The van der Waals surface area contributed by atoms with Gasteiger partial charge < -0.3 is 10.4 Å². The van der Waals surface area contributed by atoms with E-state index in [2.05, 4.69) is 17.2 Å². The summed E-state index contributed by atoms with van der Waals surface area (Å²) in [6.45, 7) is 4.84. The van der Waals surface area contributed by atoms with Crippen LogP contribution in [-0.2, 0) is 0 Å². The number of aliphatic hydroxyl groups excluding tert-OH is 1.